The van der Waals surface area contributed by atoms with Crippen LogP contribution in [0.25, 0.3) is 11.6 Å². The number of pyridine rings is 1. The third kappa shape index (κ3) is 3.73. The summed E-state index contributed by atoms with van der Waals surface area (Å²) in [6, 6.07) is 0. The average Bonchev–Trinajstić information content (AvgIpc) is 2.29. The minimum atomic E-state index is -4.44. The first-order chi connectivity index (χ1) is 7.88. The molecule has 0 unspecified atom stereocenters. The van der Waals surface area contributed by atoms with Crippen molar-refractivity contribution < 1.29 is 13.2 Å². The van der Waals surface area contributed by atoms with Crippen molar-refractivity contribution >= 4 is 11.6 Å². The number of rotatable bonds is 2. The Bertz CT molecular complexity index is 406. The first-order valence-corrected chi connectivity index (χ1v) is 5.21. The van der Waals surface area contributed by atoms with Crippen molar-refractivity contribution in [3.8, 4) is 0 Å². The standard InChI is InChI=1S/C11H10F3N.C2H6/c1-4-9-7(2)5-15-6-10(9)8(3)11(12,13)14;1-2/h4-6H,1,3H2,2H3;1-2H3. The summed E-state index contributed by atoms with van der Waals surface area (Å²) in [5.74, 6) is 0. The predicted octanol–water partition coefficient (Wildman–Crippen LogP) is 4.63. The summed E-state index contributed by atoms with van der Waals surface area (Å²) >= 11 is 0. The highest BCUT2D eigenvalue weighted by Gasteiger charge is 2.34. The largest absolute Gasteiger partial charge is 0.416 e. The van der Waals surface area contributed by atoms with Gasteiger partial charge in [-0.05, 0) is 18.1 Å². The van der Waals surface area contributed by atoms with Gasteiger partial charge in [0.15, 0.2) is 0 Å². The lowest BCUT2D eigenvalue weighted by Gasteiger charge is -2.13. The normalized spacial score (nSPS) is 10.2. The smallest absolute Gasteiger partial charge is 0.264 e. The first-order valence-electron chi connectivity index (χ1n) is 5.21. The third-order valence-electron chi connectivity index (χ3n) is 2.06. The molecule has 0 fully saturated rings. The summed E-state index contributed by atoms with van der Waals surface area (Å²) in [6.45, 7) is 12.2. The van der Waals surface area contributed by atoms with E-state index >= 15 is 0 Å². The Kier molecular flexibility index (Phi) is 5.65. The molecule has 0 aliphatic carbocycles. The molecular formula is C13H16F3N. The van der Waals surface area contributed by atoms with Crippen LogP contribution in [0.2, 0.25) is 0 Å². The minimum Gasteiger partial charge on any atom is -0.264 e. The van der Waals surface area contributed by atoms with E-state index in [1.165, 1.54) is 12.3 Å². The van der Waals surface area contributed by atoms with Gasteiger partial charge < -0.3 is 0 Å². The number of aryl methyl sites for hydroxylation is 1. The van der Waals surface area contributed by atoms with Gasteiger partial charge in [-0.2, -0.15) is 13.2 Å². The summed E-state index contributed by atoms with van der Waals surface area (Å²) in [7, 11) is 0. The Morgan fingerprint density at radius 1 is 1.29 bits per heavy atom. The molecular weight excluding hydrogens is 227 g/mol. The van der Waals surface area contributed by atoms with Crippen LogP contribution in [0.4, 0.5) is 13.2 Å². The van der Waals surface area contributed by atoms with E-state index in [2.05, 4.69) is 18.1 Å². The molecule has 1 aromatic heterocycles. The highest BCUT2D eigenvalue weighted by molar-refractivity contribution is 5.75. The van der Waals surface area contributed by atoms with Crippen molar-refractivity contribution in [2.45, 2.75) is 26.9 Å². The van der Waals surface area contributed by atoms with Crippen LogP contribution in [0.5, 0.6) is 0 Å². The van der Waals surface area contributed by atoms with Gasteiger partial charge in [-0.15, -0.1) is 0 Å². The highest BCUT2D eigenvalue weighted by atomic mass is 19.4. The molecule has 17 heavy (non-hydrogen) atoms. The molecule has 1 nitrogen and oxygen atoms in total. The molecule has 0 N–H and O–H groups in total. The summed E-state index contributed by atoms with van der Waals surface area (Å²) in [5, 5.41) is 0. The van der Waals surface area contributed by atoms with Gasteiger partial charge in [0, 0.05) is 18.0 Å². The molecule has 1 aromatic rings. The average molecular weight is 243 g/mol. The van der Waals surface area contributed by atoms with E-state index in [-0.39, 0.29) is 5.56 Å². The third-order valence-corrected chi connectivity index (χ3v) is 2.06. The van der Waals surface area contributed by atoms with Crippen LogP contribution in [0, 0.1) is 6.92 Å². The lowest BCUT2D eigenvalue weighted by atomic mass is 9.99. The van der Waals surface area contributed by atoms with Gasteiger partial charge in [0.25, 0.3) is 0 Å². The zero-order valence-electron chi connectivity index (χ0n) is 10.2. The number of allylic oxidation sites excluding steroid dienone is 1. The second-order valence-corrected chi connectivity index (χ2v) is 3.10. The lowest BCUT2D eigenvalue weighted by Crippen LogP contribution is -2.11. The fourth-order valence-electron chi connectivity index (χ4n) is 1.24. The Morgan fingerprint density at radius 2 is 1.82 bits per heavy atom. The molecule has 1 rings (SSSR count). The number of aromatic nitrogens is 1. The summed E-state index contributed by atoms with van der Waals surface area (Å²) in [6.07, 6.45) is -0.416. The van der Waals surface area contributed by atoms with E-state index in [0.717, 1.165) is 6.20 Å². The van der Waals surface area contributed by atoms with Crippen LogP contribution < -0.4 is 0 Å². The molecule has 94 valence electrons. The number of hydrogen-bond donors (Lipinski definition) is 0. The van der Waals surface area contributed by atoms with Gasteiger partial charge in [-0.3, -0.25) is 4.98 Å². The van der Waals surface area contributed by atoms with Crippen LogP contribution in [-0.2, 0) is 0 Å². The maximum absolute atomic E-state index is 12.4. The van der Waals surface area contributed by atoms with Crippen molar-refractivity contribution in [1.82, 2.24) is 4.98 Å². The molecule has 0 amide bonds. The molecule has 1 heterocycles. The Morgan fingerprint density at radius 3 is 2.24 bits per heavy atom. The fourth-order valence-corrected chi connectivity index (χ4v) is 1.24. The number of halogens is 3. The molecule has 0 aromatic carbocycles. The van der Waals surface area contributed by atoms with Crippen LogP contribution in [-0.4, -0.2) is 11.2 Å². The maximum atomic E-state index is 12.4. The van der Waals surface area contributed by atoms with Crippen LogP contribution in [0.3, 0.4) is 0 Å². The molecule has 0 saturated heterocycles. The number of nitrogens with zero attached hydrogens (tertiary/aromatic N) is 1. The van der Waals surface area contributed by atoms with Crippen LogP contribution in [0.1, 0.15) is 30.5 Å². The van der Waals surface area contributed by atoms with E-state index in [9.17, 15) is 13.2 Å². The monoisotopic (exact) mass is 243 g/mol. The Labute approximate surface area is 99.7 Å². The molecule has 0 spiro atoms. The fraction of sp³-hybridized carbons (Fsp3) is 0.308. The SMILES string of the molecule is C=Cc1c(C)cncc1C(=C)C(F)(F)F.CC. The molecule has 0 aliphatic rings. The maximum Gasteiger partial charge on any atom is 0.416 e. The second-order valence-electron chi connectivity index (χ2n) is 3.10. The van der Waals surface area contributed by atoms with E-state index in [1.54, 1.807) is 6.92 Å². The summed E-state index contributed by atoms with van der Waals surface area (Å²) < 4.78 is 37.3. The van der Waals surface area contributed by atoms with Gasteiger partial charge >= 0.3 is 6.18 Å². The molecule has 0 radical (unpaired) electrons. The minimum absolute atomic E-state index is 0.0162. The summed E-state index contributed by atoms with van der Waals surface area (Å²) in [4.78, 5) is 3.72. The molecule has 0 bridgehead atoms. The zero-order valence-corrected chi connectivity index (χ0v) is 10.2. The van der Waals surface area contributed by atoms with Crippen molar-refractivity contribution in [3.05, 3.63) is 42.2 Å². The predicted molar refractivity (Wildman–Crippen MR) is 65.5 cm³/mol. The van der Waals surface area contributed by atoms with Gasteiger partial charge in [0.2, 0.25) is 0 Å². The van der Waals surface area contributed by atoms with Crippen LogP contribution >= 0.6 is 0 Å². The van der Waals surface area contributed by atoms with Gasteiger partial charge in [-0.1, -0.05) is 33.1 Å². The van der Waals surface area contributed by atoms with Gasteiger partial charge in [0.1, 0.15) is 0 Å². The van der Waals surface area contributed by atoms with Crippen LogP contribution in [0.15, 0.2) is 25.6 Å². The Balaban J connectivity index is 0.00000121. The van der Waals surface area contributed by atoms with Crippen molar-refractivity contribution in [2.24, 2.45) is 0 Å². The highest BCUT2D eigenvalue weighted by Crippen LogP contribution is 2.34. The van der Waals surface area contributed by atoms with Crippen molar-refractivity contribution in [3.63, 3.8) is 0 Å². The van der Waals surface area contributed by atoms with Crippen molar-refractivity contribution in [2.75, 3.05) is 0 Å². The van der Waals surface area contributed by atoms with E-state index < -0.39 is 11.7 Å². The number of alkyl halides is 3. The van der Waals surface area contributed by atoms with E-state index in [0.29, 0.717) is 11.1 Å². The van der Waals surface area contributed by atoms with E-state index in [4.69, 9.17) is 0 Å². The van der Waals surface area contributed by atoms with Crippen molar-refractivity contribution in [1.29, 1.82) is 0 Å². The molecule has 0 atom stereocenters. The molecule has 0 saturated carbocycles. The quantitative estimate of drug-likeness (QED) is 0.737. The van der Waals surface area contributed by atoms with Gasteiger partial charge in [-0.25, -0.2) is 0 Å². The molecule has 0 aliphatic heterocycles. The second kappa shape index (κ2) is 6.23. The summed E-state index contributed by atoms with van der Waals surface area (Å²) in [5.41, 5.74) is 0.159. The lowest BCUT2D eigenvalue weighted by molar-refractivity contribution is -0.0686. The number of hydrogen-bond acceptors (Lipinski definition) is 1. The first kappa shape index (κ1) is 15.4. The Hall–Kier alpha value is -1.58. The zero-order chi connectivity index (χ0) is 13.6. The topological polar surface area (TPSA) is 12.9 Å². The molecule has 4 heteroatoms. The van der Waals surface area contributed by atoms with E-state index in [1.807, 2.05) is 13.8 Å². The van der Waals surface area contributed by atoms with Gasteiger partial charge in [0.05, 0.1) is 5.57 Å².